The van der Waals surface area contributed by atoms with Gasteiger partial charge in [-0.25, -0.2) is 4.98 Å². The standard InChI is InChI=1S/C34H39ClN4O/c1-24-26(11-16-32-34(24)38-33(37-32)23-40-29-14-12-28(35)13-15-29)7-4-6-25-17-20-39(21-18-25)19-5-8-27-22-36-31-10-3-2-9-30(27)31/h2-3,9-16,22,25,36H,4-8,17-21,23H2,1H3,(H,37,38). The van der Waals surface area contributed by atoms with Crippen LogP contribution in [0.25, 0.3) is 21.9 Å². The van der Waals surface area contributed by atoms with Crippen LogP contribution >= 0.6 is 11.6 Å². The molecule has 1 aliphatic heterocycles. The Bertz CT molecular complexity index is 1550. The zero-order chi connectivity index (χ0) is 27.3. The molecule has 0 aliphatic carbocycles. The van der Waals surface area contributed by atoms with E-state index in [9.17, 15) is 0 Å². The van der Waals surface area contributed by atoms with Crippen LogP contribution in [0, 0.1) is 12.8 Å². The van der Waals surface area contributed by atoms with E-state index in [-0.39, 0.29) is 0 Å². The van der Waals surface area contributed by atoms with E-state index >= 15 is 0 Å². The number of piperidine rings is 1. The first-order chi connectivity index (χ1) is 19.6. The monoisotopic (exact) mass is 554 g/mol. The van der Waals surface area contributed by atoms with Crippen LogP contribution in [0.1, 0.15) is 54.6 Å². The molecule has 208 valence electrons. The van der Waals surface area contributed by atoms with Crippen molar-refractivity contribution in [1.82, 2.24) is 19.9 Å². The molecule has 0 saturated carbocycles. The van der Waals surface area contributed by atoms with E-state index in [1.165, 1.54) is 79.3 Å². The predicted octanol–water partition coefficient (Wildman–Crippen LogP) is 8.25. The number of ether oxygens (including phenoxy) is 1. The van der Waals surface area contributed by atoms with Gasteiger partial charge in [-0.05, 0) is 124 Å². The Morgan fingerprint density at radius 3 is 2.58 bits per heavy atom. The highest BCUT2D eigenvalue weighted by molar-refractivity contribution is 6.30. The summed E-state index contributed by atoms with van der Waals surface area (Å²) in [6, 6.07) is 20.5. The Kier molecular flexibility index (Phi) is 8.40. The molecule has 6 rings (SSSR count). The number of halogens is 1. The topological polar surface area (TPSA) is 56.9 Å². The summed E-state index contributed by atoms with van der Waals surface area (Å²) in [5, 5.41) is 2.09. The molecule has 3 aromatic carbocycles. The van der Waals surface area contributed by atoms with Crippen LogP contribution in [0.5, 0.6) is 5.75 Å². The van der Waals surface area contributed by atoms with Crippen molar-refractivity contribution in [3.05, 3.63) is 94.4 Å². The molecule has 6 heteroatoms. The van der Waals surface area contributed by atoms with Crippen LogP contribution in [-0.4, -0.2) is 39.5 Å². The molecule has 5 nitrogen and oxygen atoms in total. The number of aryl methyl sites for hydroxylation is 3. The van der Waals surface area contributed by atoms with Crippen molar-refractivity contribution in [2.45, 2.75) is 58.5 Å². The molecule has 0 unspecified atom stereocenters. The van der Waals surface area contributed by atoms with E-state index in [1.54, 1.807) is 0 Å². The fraction of sp³-hybridized carbons (Fsp3) is 0.382. The van der Waals surface area contributed by atoms with E-state index in [4.69, 9.17) is 21.3 Å². The molecule has 0 spiro atoms. The molecule has 0 atom stereocenters. The first-order valence-corrected chi connectivity index (χ1v) is 15.1. The maximum Gasteiger partial charge on any atom is 0.146 e. The minimum Gasteiger partial charge on any atom is -0.486 e. The highest BCUT2D eigenvalue weighted by atomic mass is 35.5. The van der Waals surface area contributed by atoms with Crippen molar-refractivity contribution in [3.8, 4) is 5.75 Å². The third-order valence-corrected chi connectivity index (χ3v) is 8.87. The van der Waals surface area contributed by atoms with Crippen LogP contribution in [0.2, 0.25) is 5.02 Å². The largest absolute Gasteiger partial charge is 0.486 e. The molecule has 1 fully saturated rings. The highest BCUT2D eigenvalue weighted by Gasteiger charge is 2.19. The maximum atomic E-state index is 5.97. The number of para-hydroxylation sites is 1. The number of fused-ring (bicyclic) bond motifs is 2. The average molecular weight is 555 g/mol. The second kappa shape index (κ2) is 12.5. The van der Waals surface area contributed by atoms with Gasteiger partial charge >= 0.3 is 0 Å². The molecular weight excluding hydrogens is 516 g/mol. The summed E-state index contributed by atoms with van der Waals surface area (Å²) in [7, 11) is 0. The number of likely N-dealkylation sites (tertiary alicyclic amines) is 1. The fourth-order valence-corrected chi connectivity index (χ4v) is 6.36. The molecule has 2 aromatic heterocycles. The number of nitrogens with zero attached hydrogens (tertiary/aromatic N) is 2. The van der Waals surface area contributed by atoms with Gasteiger partial charge in [0.2, 0.25) is 0 Å². The van der Waals surface area contributed by atoms with Gasteiger partial charge in [0.25, 0.3) is 0 Å². The molecule has 0 radical (unpaired) electrons. The Hall–Kier alpha value is -3.28. The van der Waals surface area contributed by atoms with Gasteiger partial charge in [-0.3, -0.25) is 0 Å². The normalized spacial score (nSPS) is 14.8. The van der Waals surface area contributed by atoms with Crippen molar-refractivity contribution in [3.63, 3.8) is 0 Å². The Morgan fingerprint density at radius 1 is 0.925 bits per heavy atom. The molecule has 40 heavy (non-hydrogen) atoms. The zero-order valence-electron chi connectivity index (χ0n) is 23.4. The maximum absolute atomic E-state index is 5.97. The average Bonchev–Trinajstić information content (AvgIpc) is 3.59. The van der Waals surface area contributed by atoms with Gasteiger partial charge in [0.15, 0.2) is 0 Å². The van der Waals surface area contributed by atoms with E-state index in [0.717, 1.165) is 41.4 Å². The van der Waals surface area contributed by atoms with Crippen molar-refractivity contribution >= 4 is 33.5 Å². The minimum atomic E-state index is 0.410. The summed E-state index contributed by atoms with van der Waals surface area (Å²) in [5.74, 6) is 2.49. The van der Waals surface area contributed by atoms with Crippen LogP contribution in [-0.2, 0) is 19.4 Å². The van der Waals surface area contributed by atoms with Gasteiger partial charge in [0, 0.05) is 22.1 Å². The number of benzene rings is 3. The number of H-pyrrole nitrogens is 2. The van der Waals surface area contributed by atoms with Gasteiger partial charge in [-0.15, -0.1) is 0 Å². The summed E-state index contributed by atoms with van der Waals surface area (Å²) < 4.78 is 5.88. The summed E-state index contributed by atoms with van der Waals surface area (Å²) in [4.78, 5) is 14.4. The lowest BCUT2D eigenvalue weighted by Crippen LogP contribution is -2.34. The van der Waals surface area contributed by atoms with Gasteiger partial charge in [0.1, 0.15) is 18.2 Å². The fourth-order valence-electron chi connectivity index (χ4n) is 6.24. The van der Waals surface area contributed by atoms with Crippen LogP contribution in [0.15, 0.2) is 66.9 Å². The SMILES string of the molecule is Cc1c(CCCC2CCN(CCCc3c[nH]c4ccccc34)CC2)ccc2[nH]c(COc3ccc(Cl)cc3)nc12. The number of rotatable bonds is 11. The molecular formula is C34H39ClN4O. The van der Waals surface area contributed by atoms with E-state index < -0.39 is 0 Å². The van der Waals surface area contributed by atoms with Crippen LogP contribution in [0.4, 0.5) is 0 Å². The molecule has 5 aromatic rings. The third kappa shape index (κ3) is 6.37. The second-order valence-electron chi connectivity index (χ2n) is 11.3. The second-order valence-corrected chi connectivity index (χ2v) is 11.7. The molecule has 1 saturated heterocycles. The molecule has 2 N–H and O–H groups in total. The summed E-state index contributed by atoms with van der Waals surface area (Å²) in [6.45, 7) is 6.32. The van der Waals surface area contributed by atoms with Crippen LogP contribution in [0.3, 0.4) is 0 Å². The molecule has 0 amide bonds. The number of aromatic nitrogens is 3. The predicted molar refractivity (Wildman–Crippen MR) is 165 cm³/mol. The highest BCUT2D eigenvalue weighted by Crippen LogP contribution is 2.27. The number of hydrogen-bond donors (Lipinski definition) is 2. The quantitative estimate of drug-likeness (QED) is 0.173. The van der Waals surface area contributed by atoms with Crippen molar-refractivity contribution in [2.24, 2.45) is 5.92 Å². The van der Waals surface area contributed by atoms with Crippen molar-refractivity contribution in [2.75, 3.05) is 19.6 Å². The van der Waals surface area contributed by atoms with Crippen LogP contribution < -0.4 is 4.74 Å². The third-order valence-electron chi connectivity index (χ3n) is 8.62. The smallest absolute Gasteiger partial charge is 0.146 e. The number of aromatic amines is 2. The molecule has 1 aliphatic rings. The summed E-state index contributed by atoms with van der Waals surface area (Å²) in [5.41, 5.74) is 7.55. The number of nitrogens with one attached hydrogen (secondary N) is 2. The Labute approximate surface area is 241 Å². The lowest BCUT2D eigenvalue weighted by atomic mass is 9.90. The minimum absolute atomic E-state index is 0.410. The first kappa shape index (κ1) is 26.9. The van der Waals surface area contributed by atoms with E-state index in [0.29, 0.717) is 11.6 Å². The number of hydrogen-bond acceptors (Lipinski definition) is 3. The van der Waals surface area contributed by atoms with Crippen molar-refractivity contribution < 1.29 is 4.74 Å². The number of imidazole rings is 1. The molecule has 3 heterocycles. The zero-order valence-corrected chi connectivity index (χ0v) is 24.1. The molecule has 0 bridgehead atoms. The first-order valence-electron chi connectivity index (χ1n) is 14.7. The lowest BCUT2D eigenvalue weighted by molar-refractivity contribution is 0.176. The van der Waals surface area contributed by atoms with Crippen molar-refractivity contribution in [1.29, 1.82) is 0 Å². The lowest BCUT2D eigenvalue weighted by Gasteiger charge is -2.32. The van der Waals surface area contributed by atoms with E-state index in [2.05, 4.69) is 64.4 Å². The van der Waals surface area contributed by atoms with Gasteiger partial charge in [-0.1, -0.05) is 42.3 Å². The van der Waals surface area contributed by atoms with E-state index in [1.807, 2.05) is 24.3 Å². The Balaban J connectivity index is 0.930. The van der Waals surface area contributed by atoms with Gasteiger partial charge < -0.3 is 19.6 Å². The van der Waals surface area contributed by atoms with Gasteiger partial charge in [0.05, 0.1) is 11.0 Å². The Morgan fingerprint density at radius 2 is 1.73 bits per heavy atom. The summed E-state index contributed by atoms with van der Waals surface area (Å²) in [6.07, 6.45) is 10.9. The van der Waals surface area contributed by atoms with Gasteiger partial charge in [-0.2, -0.15) is 0 Å². The summed E-state index contributed by atoms with van der Waals surface area (Å²) >= 11 is 5.97.